The van der Waals surface area contributed by atoms with Crippen molar-refractivity contribution >= 4 is 0 Å². The van der Waals surface area contributed by atoms with Crippen LogP contribution in [-0.2, 0) is 0 Å². The maximum Gasteiger partial charge on any atom is 0.0774 e. The van der Waals surface area contributed by atoms with E-state index in [0.29, 0.717) is 6.04 Å². The van der Waals surface area contributed by atoms with Gasteiger partial charge >= 0.3 is 0 Å². The van der Waals surface area contributed by atoms with Gasteiger partial charge in [0, 0.05) is 19.1 Å². The monoisotopic (exact) mass is 225 g/mol. The summed E-state index contributed by atoms with van der Waals surface area (Å²) >= 11 is 0. The maximum absolute atomic E-state index is 10.6. The summed E-state index contributed by atoms with van der Waals surface area (Å²) in [7, 11) is 0. The zero-order chi connectivity index (χ0) is 11.6. The summed E-state index contributed by atoms with van der Waals surface area (Å²) in [5.74, 6) is 0.926. The minimum Gasteiger partial charge on any atom is -0.389 e. The minimum atomic E-state index is -0.378. The van der Waals surface area contributed by atoms with E-state index < -0.39 is 0 Å². The molecule has 0 spiro atoms. The van der Waals surface area contributed by atoms with Crippen molar-refractivity contribution in [2.75, 3.05) is 13.1 Å². The highest BCUT2D eigenvalue weighted by molar-refractivity contribution is 4.88. The zero-order valence-corrected chi connectivity index (χ0v) is 10.9. The van der Waals surface area contributed by atoms with Crippen LogP contribution in [0.25, 0.3) is 0 Å². The molecule has 2 rings (SSSR count). The number of hydrogen-bond donors (Lipinski definition) is 1. The van der Waals surface area contributed by atoms with Gasteiger partial charge in [0.1, 0.15) is 0 Å². The van der Waals surface area contributed by atoms with E-state index in [0.717, 1.165) is 25.3 Å². The van der Waals surface area contributed by atoms with Crippen LogP contribution in [0.3, 0.4) is 0 Å². The van der Waals surface area contributed by atoms with Crippen molar-refractivity contribution in [1.82, 2.24) is 4.90 Å². The van der Waals surface area contributed by atoms with Gasteiger partial charge in [-0.3, -0.25) is 4.90 Å². The van der Waals surface area contributed by atoms with Crippen molar-refractivity contribution in [2.45, 2.75) is 70.4 Å². The van der Waals surface area contributed by atoms with Gasteiger partial charge in [0.15, 0.2) is 0 Å². The van der Waals surface area contributed by atoms with E-state index in [1.807, 2.05) is 0 Å². The molecule has 0 bridgehead atoms. The second-order valence-electron chi connectivity index (χ2n) is 6.25. The smallest absolute Gasteiger partial charge is 0.0774 e. The lowest BCUT2D eigenvalue weighted by atomic mass is 9.84. The highest BCUT2D eigenvalue weighted by Gasteiger charge is 2.34. The Morgan fingerprint density at radius 3 is 2.31 bits per heavy atom. The molecule has 2 heteroatoms. The van der Waals surface area contributed by atoms with Crippen LogP contribution in [0.2, 0.25) is 0 Å². The first kappa shape index (κ1) is 12.4. The third kappa shape index (κ3) is 3.46. The summed E-state index contributed by atoms with van der Waals surface area (Å²) in [4.78, 5) is 2.50. The number of aliphatic hydroxyl groups is 1. The molecule has 0 atom stereocenters. The summed E-state index contributed by atoms with van der Waals surface area (Å²) in [6, 6.07) is 0.576. The molecule has 2 aliphatic rings. The predicted octanol–water partition coefficient (Wildman–Crippen LogP) is 2.80. The standard InChI is InChI=1S/C14H27NO/c1-12(2)15(10-13-6-7-13)11-14(16)8-4-3-5-9-14/h12-13,16H,3-11H2,1-2H3. The Hall–Kier alpha value is -0.0800. The van der Waals surface area contributed by atoms with Gasteiger partial charge in [-0.1, -0.05) is 19.3 Å². The molecule has 0 saturated heterocycles. The van der Waals surface area contributed by atoms with Crippen molar-refractivity contribution in [2.24, 2.45) is 5.92 Å². The second kappa shape index (κ2) is 5.05. The summed E-state index contributed by atoms with van der Waals surface area (Å²) in [5.41, 5.74) is -0.378. The molecule has 0 aliphatic heterocycles. The topological polar surface area (TPSA) is 23.5 Å². The lowest BCUT2D eigenvalue weighted by Gasteiger charge is -2.38. The molecule has 2 saturated carbocycles. The normalized spacial score (nSPS) is 25.3. The molecule has 0 radical (unpaired) electrons. The molecule has 0 aromatic rings. The molecule has 0 heterocycles. The second-order valence-corrected chi connectivity index (χ2v) is 6.25. The molecule has 0 unspecified atom stereocenters. The van der Waals surface area contributed by atoms with Crippen LogP contribution in [0, 0.1) is 5.92 Å². The van der Waals surface area contributed by atoms with Crippen molar-refractivity contribution < 1.29 is 5.11 Å². The molecular weight excluding hydrogens is 198 g/mol. The molecule has 0 aromatic carbocycles. The Balaban J connectivity index is 1.87. The van der Waals surface area contributed by atoms with Gasteiger partial charge in [0.05, 0.1) is 5.60 Å². The molecule has 0 amide bonds. The summed E-state index contributed by atoms with van der Waals surface area (Å²) in [6.07, 6.45) is 8.58. The Bertz CT molecular complexity index is 217. The minimum absolute atomic E-state index is 0.378. The average molecular weight is 225 g/mol. The SMILES string of the molecule is CC(C)N(CC1CC1)CC1(O)CCCCC1. The number of nitrogens with zero attached hydrogens (tertiary/aromatic N) is 1. The van der Waals surface area contributed by atoms with Crippen molar-refractivity contribution in [3.8, 4) is 0 Å². The van der Waals surface area contributed by atoms with Crippen LogP contribution in [-0.4, -0.2) is 34.7 Å². The number of rotatable bonds is 5. The first-order chi connectivity index (χ1) is 7.59. The third-order valence-electron chi connectivity index (χ3n) is 4.20. The fourth-order valence-corrected chi connectivity index (χ4v) is 2.84. The van der Waals surface area contributed by atoms with Gasteiger partial charge in [-0.2, -0.15) is 0 Å². The quantitative estimate of drug-likeness (QED) is 0.777. The van der Waals surface area contributed by atoms with Crippen molar-refractivity contribution in [1.29, 1.82) is 0 Å². The average Bonchev–Trinajstić information content (AvgIpc) is 3.01. The van der Waals surface area contributed by atoms with E-state index in [9.17, 15) is 5.11 Å². The highest BCUT2D eigenvalue weighted by Crippen LogP contribution is 2.33. The van der Waals surface area contributed by atoms with Gasteiger partial charge in [-0.05, 0) is 45.4 Å². The Morgan fingerprint density at radius 1 is 1.19 bits per heavy atom. The van der Waals surface area contributed by atoms with Crippen LogP contribution in [0.15, 0.2) is 0 Å². The number of hydrogen-bond acceptors (Lipinski definition) is 2. The molecule has 16 heavy (non-hydrogen) atoms. The third-order valence-corrected chi connectivity index (χ3v) is 4.20. The molecule has 2 aliphatic carbocycles. The van der Waals surface area contributed by atoms with E-state index >= 15 is 0 Å². The first-order valence-electron chi connectivity index (χ1n) is 7.05. The van der Waals surface area contributed by atoms with Crippen molar-refractivity contribution in [3.63, 3.8) is 0 Å². The Kier molecular flexibility index (Phi) is 3.91. The van der Waals surface area contributed by atoms with Crippen LogP contribution in [0.4, 0.5) is 0 Å². The van der Waals surface area contributed by atoms with E-state index in [-0.39, 0.29) is 5.60 Å². The molecule has 94 valence electrons. The summed E-state index contributed by atoms with van der Waals surface area (Å²) in [6.45, 7) is 6.63. The molecule has 1 N–H and O–H groups in total. The van der Waals surface area contributed by atoms with Gasteiger partial charge < -0.3 is 5.11 Å². The highest BCUT2D eigenvalue weighted by atomic mass is 16.3. The van der Waals surface area contributed by atoms with Gasteiger partial charge in [-0.15, -0.1) is 0 Å². The summed E-state index contributed by atoms with van der Waals surface area (Å²) in [5, 5.41) is 10.6. The molecule has 2 nitrogen and oxygen atoms in total. The van der Waals surface area contributed by atoms with Crippen LogP contribution in [0.5, 0.6) is 0 Å². The fourth-order valence-electron chi connectivity index (χ4n) is 2.84. The maximum atomic E-state index is 10.6. The van der Waals surface area contributed by atoms with E-state index in [2.05, 4.69) is 18.7 Å². The predicted molar refractivity (Wildman–Crippen MR) is 67.5 cm³/mol. The van der Waals surface area contributed by atoms with E-state index in [1.54, 1.807) is 0 Å². The Labute approximate surface area is 100 Å². The van der Waals surface area contributed by atoms with E-state index in [1.165, 1.54) is 38.6 Å². The van der Waals surface area contributed by atoms with E-state index in [4.69, 9.17) is 0 Å². The van der Waals surface area contributed by atoms with Gasteiger partial charge in [0.2, 0.25) is 0 Å². The largest absolute Gasteiger partial charge is 0.389 e. The molecule has 0 aromatic heterocycles. The lowest BCUT2D eigenvalue weighted by molar-refractivity contribution is -0.0339. The first-order valence-corrected chi connectivity index (χ1v) is 7.05. The van der Waals surface area contributed by atoms with Crippen LogP contribution < -0.4 is 0 Å². The molecular formula is C14H27NO. The van der Waals surface area contributed by atoms with Crippen LogP contribution >= 0.6 is 0 Å². The fraction of sp³-hybridized carbons (Fsp3) is 1.00. The zero-order valence-electron chi connectivity index (χ0n) is 10.9. The van der Waals surface area contributed by atoms with Gasteiger partial charge in [-0.25, -0.2) is 0 Å². The lowest BCUT2D eigenvalue weighted by Crippen LogP contribution is -2.47. The van der Waals surface area contributed by atoms with Crippen LogP contribution in [0.1, 0.15) is 58.8 Å². The molecule has 2 fully saturated rings. The summed E-state index contributed by atoms with van der Waals surface area (Å²) < 4.78 is 0. The van der Waals surface area contributed by atoms with Gasteiger partial charge in [0.25, 0.3) is 0 Å². The Morgan fingerprint density at radius 2 is 1.81 bits per heavy atom. The van der Waals surface area contributed by atoms with Crippen molar-refractivity contribution in [3.05, 3.63) is 0 Å².